The molecule has 25 heavy (non-hydrogen) atoms. The molecule has 8 heteroatoms. The van der Waals surface area contributed by atoms with Gasteiger partial charge in [-0.3, -0.25) is 10.0 Å². The van der Waals surface area contributed by atoms with Gasteiger partial charge >= 0.3 is 0 Å². The maximum absolute atomic E-state index is 11.6. The first-order valence-electron chi connectivity index (χ1n) is 7.78. The van der Waals surface area contributed by atoms with Crippen LogP contribution in [0.2, 0.25) is 0 Å². The summed E-state index contributed by atoms with van der Waals surface area (Å²) < 4.78 is 24.3. The summed E-state index contributed by atoms with van der Waals surface area (Å²) in [6.45, 7) is 0. The van der Waals surface area contributed by atoms with Gasteiger partial charge in [-0.2, -0.15) is 0 Å². The monoisotopic (exact) mass is 445 g/mol. The van der Waals surface area contributed by atoms with Gasteiger partial charge in [0.05, 0.1) is 3.79 Å². The maximum atomic E-state index is 11.6. The summed E-state index contributed by atoms with van der Waals surface area (Å²) in [6, 6.07) is 12.4. The predicted molar refractivity (Wildman–Crippen MR) is 104 cm³/mol. The van der Waals surface area contributed by atoms with Gasteiger partial charge in [0.1, 0.15) is 5.25 Å². The third-order valence-electron chi connectivity index (χ3n) is 3.91. The number of benzene rings is 1. The molecule has 5 nitrogen and oxygen atoms in total. The fraction of sp³-hybridized carbons (Fsp3) is 0.353. The summed E-state index contributed by atoms with van der Waals surface area (Å²) in [6.07, 6.45) is 3.38. The van der Waals surface area contributed by atoms with Gasteiger partial charge < -0.3 is 0 Å². The van der Waals surface area contributed by atoms with Crippen molar-refractivity contribution in [3.05, 3.63) is 45.7 Å². The van der Waals surface area contributed by atoms with Crippen molar-refractivity contribution in [1.29, 1.82) is 0 Å². The predicted octanol–water partition coefficient (Wildman–Crippen LogP) is 3.81. The number of sulfone groups is 1. The van der Waals surface area contributed by atoms with E-state index in [0.717, 1.165) is 28.4 Å². The van der Waals surface area contributed by atoms with Crippen molar-refractivity contribution < 1.29 is 18.4 Å². The second-order valence-corrected chi connectivity index (χ2v) is 10.5. The number of unbranched alkanes of at least 4 members (excludes halogenated alkanes) is 1. The number of nitrogens with one attached hydrogen (secondary N) is 1. The fourth-order valence-electron chi connectivity index (χ4n) is 2.58. The summed E-state index contributed by atoms with van der Waals surface area (Å²) in [5.74, 6) is -0.867. The largest absolute Gasteiger partial charge is 0.289 e. The average Bonchev–Trinajstić information content (AvgIpc) is 3.00. The maximum Gasteiger partial charge on any atom is 0.261 e. The molecule has 0 aliphatic carbocycles. The highest BCUT2D eigenvalue weighted by molar-refractivity contribution is 9.11. The molecule has 1 heterocycles. The molecule has 0 spiro atoms. The van der Waals surface area contributed by atoms with Crippen molar-refractivity contribution in [3.63, 3.8) is 0 Å². The van der Waals surface area contributed by atoms with Gasteiger partial charge in [-0.1, -0.05) is 30.7 Å². The first-order valence-corrected chi connectivity index (χ1v) is 11.3. The number of thiophene rings is 1. The summed E-state index contributed by atoms with van der Waals surface area (Å²) in [5, 5.41) is 7.46. The van der Waals surface area contributed by atoms with Crippen LogP contribution >= 0.6 is 27.3 Å². The molecule has 0 aliphatic heterocycles. The fourth-order valence-corrected chi connectivity index (χ4v) is 5.00. The first kappa shape index (κ1) is 20.1. The Hall–Kier alpha value is -1.22. The van der Waals surface area contributed by atoms with E-state index in [1.165, 1.54) is 15.9 Å². The van der Waals surface area contributed by atoms with Gasteiger partial charge in [-0.15, -0.1) is 11.3 Å². The third-order valence-corrected chi connectivity index (χ3v) is 7.07. The highest BCUT2D eigenvalue weighted by atomic mass is 79.9. The Labute approximate surface area is 160 Å². The second kappa shape index (κ2) is 8.93. The molecular weight excluding hydrogens is 426 g/mol. The van der Waals surface area contributed by atoms with E-state index in [0.29, 0.717) is 6.42 Å². The zero-order valence-corrected chi connectivity index (χ0v) is 17.0. The Morgan fingerprint density at radius 3 is 2.40 bits per heavy atom. The van der Waals surface area contributed by atoms with Crippen LogP contribution in [0.1, 0.15) is 24.8 Å². The summed E-state index contributed by atoms with van der Waals surface area (Å²) in [7, 11) is -3.53. The van der Waals surface area contributed by atoms with Crippen LogP contribution in [0.5, 0.6) is 0 Å². The van der Waals surface area contributed by atoms with Crippen molar-refractivity contribution in [3.8, 4) is 10.4 Å². The Morgan fingerprint density at radius 1 is 1.20 bits per heavy atom. The SMILES string of the molecule is CS(=O)(=O)C(CCCCc1ccc(-c2ccc(Br)s2)cc1)C(=O)NO. The van der Waals surface area contributed by atoms with E-state index in [4.69, 9.17) is 5.21 Å². The molecule has 0 saturated carbocycles. The van der Waals surface area contributed by atoms with Gasteiger partial charge in [0.15, 0.2) is 9.84 Å². The molecule has 0 saturated heterocycles. The number of halogens is 1. The molecule has 2 aromatic rings. The van der Waals surface area contributed by atoms with Gasteiger partial charge in [-0.05, 0) is 58.5 Å². The normalized spacial score (nSPS) is 12.8. The number of rotatable bonds is 8. The molecule has 1 unspecified atom stereocenters. The summed E-state index contributed by atoms with van der Waals surface area (Å²) in [5.41, 5.74) is 3.76. The highest BCUT2D eigenvalue weighted by Crippen LogP contribution is 2.31. The second-order valence-electron chi connectivity index (χ2n) is 5.84. The lowest BCUT2D eigenvalue weighted by Crippen LogP contribution is -2.37. The van der Waals surface area contributed by atoms with Crippen molar-refractivity contribution in [1.82, 2.24) is 5.48 Å². The van der Waals surface area contributed by atoms with Crippen LogP contribution in [0.4, 0.5) is 0 Å². The van der Waals surface area contributed by atoms with E-state index in [2.05, 4.69) is 46.3 Å². The number of amides is 1. The molecule has 1 aromatic carbocycles. The molecular formula is C17H20BrNO4S2. The third kappa shape index (κ3) is 5.91. The van der Waals surface area contributed by atoms with Crippen molar-refractivity contribution in [2.75, 3.05) is 6.26 Å². The van der Waals surface area contributed by atoms with Gasteiger partial charge in [0, 0.05) is 11.1 Å². The van der Waals surface area contributed by atoms with Crippen molar-refractivity contribution >= 4 is 43.0 Å². The molecule has 1 amide bonds. The number of carbonyl (C=O) groups excluding carboxylic acids is 1. The van der Waals surface area contributed by atoms with Crippen LogP contribution in [0.15, 0.2) is 40.2 Å². The minimum absolute atomic E-state index is 0.201. The van der Waals surface area contributed by atoms with Crippen LogP contribution in [0.25, 0.3) is 10.4 Å². The van der Waals surface area contributed by atoms with E-state index >= 15 is 0 Å². The number of aryl methyl sites for hydroxylation is 1. The molecule has 0 radical (unpaired) electrons. The molecule has 2 N–H and O–H groups in total. The van der Waals surface area contributed by atoms with Crippen LogP contribution in [0.3, 0.4) is 0 Å². The standard InChI is InChI=1S/C17H20BrNO4S2/c1-25(22,23)15(17(20)19-21)5-3-2-4-12-6-8-13(9-7-12)14-10-11-16(18)24-14/h6-11,15,21H,2-5H2,1H3,(H,19,20). The summed E-state index contributed by atoms with van der Waals surface area (Å²) >= 11 is 5.14. The Balaban J connectivity index is 1.86. The highest BCUT2D eigenvalue weighted by Gasteiger charge is 2.27. The number of hydrogen-bond acceptors (Lipinski definition) is 5. The van der Waals surface area contributed by atoms with E-state index in [1.807, 2.05) is 6.07 Å². The van der Waals surface area contributed by atoms with Crippen molar-refractivity contribution in [2.45, 2.75) is 30.9 Å². The zero-order chi connectivity index (χ0) is 18.4. The molecule has 0 bridgehead atoms. The van der Waals surface area contributed by atoms with E-state index in [9.17, 15) is 13.2 Å². The van der Waals surface area contributed by atoms with Gasteiger partial charge in [0.25, 0.3) is 5.91 Å². The smallest absolute Gasteiger partial charge is 0.261 e. The van der Waals surface area contributed by atoms with Crippen LogP contribution in [0, 0.1) is 0 Å². The minimum Gasteiger partial charge on any atom is -0.289 e. The first-order chi connectivity index (χ1) is 11.8. The van der Waals surface area contributed by atoms with Gasteiger partial charge in [-0.25, -0.2) is 13.9 Å². The van der Waals surface area contributed by atoms with Crippen LogP contribution in [-0.4, -0.2) is 31.0 Å². The molecule has 136 valence electrons. The molecule has 0 fully saturated rings. The topological polar surface area (TPSA) is 83.5 Å². The zero-order valence-electron chi connectivity index (χ0n) is 13.7. The lowest BCUT2D eigenvalue weighted by molar-refractivity contribution is -0.128. The molecule has 1 aromatic heterocycles. The number of hydroxylamine groups is 1. The lowest BCUT2D eigenvalue weighted by Gasteiger charge is -2.12. The van der Waals surface area contributed by atoms with E-state index in [1.54, 1.807) is 11.3 Å². The Morgan fingerprint density at radius 2 is 1.88 bits per heavy atom. The lowest BCUT2D eigenvalue weighted by atomic mass is 10.0. The number of hydrogen-bond donors (Lipinski definition) is 2. The minimum atomic E-state index is -3.53. The summed E-state index contributed by atoms with van der Waals surface area (Å²) in [4.78, 5) is 12.7. The van der Waals surface area contributed by atoms with Crippen LogP contribution < -0.4 is 5.48 Å². The Bertz CT molecular complexity index is 815. The Kier molecular flexibility index (Phi) is 7.18. The van der Waals surface area contributed by atoms with E-state index < -0.39 is 21.0 Å². The average molecular weight is 446 g/mol. The quantitative estimate of drug-likeness (QED) is 0.367. The molecule has 0 aliphatic rings. The number of carbonyl (C=O) groups is 1. The van der Waals surface area contributed by atoms with Crippen molar-refractivity contribution in [2.24, 2.45) is 0 Å². The van der Waals surface area contributed by atoms with E-state index in [-0.39, 0.29) is 6.42 Å². The molecule has 2 rings (SSSR count). The van der Waals surface area contributed by atoms with Gasteiger partial charge in [0.2, 0.25) is 0 Å². The van der Waals surface area contributed by atoms with Crippen LogP contribution in [-0.2, 0) is 21.1 Å². The molecule has 1 atom stereocenters.